The molecule has 0 spiro atoms. The summed E-state index contributed by atoms with van der Waals surface area (Å²) < 4.78 is 0. The molecule has 20 heavy (non-hydrogen) atoms. The Bertz CT molecular complexity index is 510. The molecular weight excluding hydrogens is 256 g/mol. The molecule has 108 valence electrons. The highest BCUT2D eigenvalue weighted by Crippen LogP contribution is 2.28. The second-order valence-electron chi connectivity index (χ2n) is 5.58. The SMILES string of the molecule is CC(C)N(CC1CCC1)C(=O)c1ccnc(C(=O)O)c1. The molecule has 1 N–H and O–H groups in total. The van der Waals surface area contributed by atoms with Crippen molar-refractivity contribution in [3.63, 3.8) is 0 Å². The topological polar surface area (TPSA) is 70.5 Å². The van der Waals surface area contributed by atoms with Crippen LogP contribution in [0.1, 0.15) is 54.0 Å². The number of carbonyl (C=O) groups is 2. The summed E-state index contributed by atoms with van der Waals surface area (Å²) in [7, 11) is 0. The third-order valence-electron chi connectivity index (χ3n) is 3.79. The molecule has 0 radical (unpaired) electrons. The number of rotatable bonds is 5. The van der Waals surface area contributed by atoms with Gasteiger partial charge in [0.15, 0.2) is 0 Å². The van der Waals surface area contributed by atoms with Gasteiger partial charge in [-0.05, 0) is 44.7 Å². The van der Waals surface area contributed by atoms with Crippen LogP contribution in [0.2, 0.25) is 0 Å². The van der Waals surface area contributed by atoms with Gasteiger partial charge in [-0.1, -0.05) is 6.42 Å². The maximum absolute atomic E-state index is 12.5. The second-order valence-corrected chi connectivity index (χ2v) is 5.58. The predicted molar refractivity (Wildman–Crippen MR) is 74.7 cm³/mol. The van der Waals surface area contributed by atoms with E-state index in [-0.39, 0.29) is 17.6 Å². The van der Waals surface area contributed by atoms with Gasteiger partial charge in [-0.3, -0.25) is 4.79 Å². The fraction of sp³-hybridized carbons (Fsp3) is 0.533. The summed E-state index contributed by atoms with van der Waals surface area (Å²) in [5, 5.41) is 8.94. The molecule has 1 saturated carbocycles. The molecule has 0 aromatic carbocycles. The van der Waals surface area contributed by atoms with Crippen LogP contribution in [0.3, 0.4) is 0 Å². The van der Waals surface area contributed by atoms with Gasteiger partial charge in [-0.25, -0.2) is 9.78 Å². The molecule has 5 heteroatoms. The first-order valence-electron chi connectivity index (χ1n) is 6.99. The highest BCUT2D eigenvalue weighted by molar-refractivity contribution is 5.96. The van der Waals surface area contributed by atoms with E-state index in [0.29, 0.717) is 11.5 Å². The molecule has 0 atom stereocenters. The summed E-state index contributed by atoms with van der Waals surface area (Å²) in [5.41, 5.74) is 0.300. The second kappa shape index (κ2) is 6.03. The van der Waals surface area contributed by atoms with Crippen LogP contribution in [0.15, 0.2) is 18.3 Å². The number of carbonyl (C=O) groups excluding carboxylic acids is 1. The first kappa shape index (κ1) is 14.5. The third-order valence-corrected chi connectivity index (χ3v) is 3.79. The van der Waals surface area contributed by atoms with Gasteiger partial charge in [0.2, 0.25) is 0 Å². The van der Waals surface area contributed by atoms with Crippen molar-refractivity contribution in [3.8, 4) is 0 Å². The molecule has 1 fully saturated rings. The zero-order valence-electron chi connectivity index (χ0n) is 11.9. The Hall–Kier alpha value is -1.91. The summed E-state index contributed by atoms with van der Waals surface area (Å²) in [6.45, 7) is 4.72. The minimum absolute atomic E-state index is 0.0943. The van der Waals surface area contributed by atoms with Gasteiger partial charge in [-0.15, -0.1) is 0 Å². The van der Waals surface area contributed by atoms with E-state index < -0.39 is 5.97 Å². The number of hydrogen-bond acceptors (Lipinski definition) is 3. The Balaban J connectivity index is 2.17. The molecule has 0 aliphatic heterocycles. The van der Waals surface area contributed by atoms with E-state index in [0.717, 1.165) is 6.54 Å². The molecule has 0 unspecified atom stereocenters. The molecule has 1 aliphatic carbocycles. The number of carboxylic acids is 1. The number of carboxylic acid groups (broad SMARTS) is 1. The Kier molecular flexibility index (Phi) is 4.37. The number of aromatic nitrogens is 1. The number of aromatic carboxylic acids is 1. The van der Waals surface area contributed by atoms with Crippen molar-refractivity contribution in [2.24, 2.45) is 5.92 Å². The number of pyridine rings is 1. The maximum atomic E-state index is 12.5. The molecule has 0 saturated heterocycles. The number of nitrogens with zero attached hydrogens (tertiary/aromatic N) is 2. The summed E-state index contributed by atoms with van der Waals surface area (Å²) in [4.78, 5) is 29.0. The average molecular weight is 276 g/mol. The zero-order chi connectivity index (χ0) is 14.7. The van der Waals surface area contributed by atoms with Crippen LogP contribution in [0.25, 0.3) is 0 Å². The van der Waals surface area contributed by atoms with Crippen molar-refractivity contribution in [2.45, 2.75) is 39.2 Å². The van der Waals surface area contributed by atoms with E-state index in [1.54, 1.807) is 6.07 Å². The summed E-state index contributed by atoms with van der Waals surface area (Å²) in [6.07, 6.45) is 4.96. The molecule has 1 amide bonds. The van der Waals surface area contributed by atoms with Gasteiger partial charge in [0.1, 0.15) is 5.69 Å². The molecule has 1 aliphatic rings. The van der Waals surface area contributed by atoms with Crippen LogP contribution >= 0.6 is 0 Å². The van der Waals surface area contributed by atoms with Crippen molar-refractivity contribution in [1.82, 2.24) is 9.88 Å². The Morgan fingerprint density at radius 3 is 2.65 bits per heavy atom. The molecule has 1 aromatic heterocycles. The smallest absolute Gasteiger partial charge is 0.354 e. The first-order chi connectivity index (χ1) is 9.49. The number of amides is 1. The molecule has 2 rings (SSSR count). The van der Waals surface area contributed by atoms with E-state index in [2.05, 4.69) is 4.98 Å². The number of hydrogen-bond donors (Lipinski definition) is 1. The van der Waals surface area contributed by atoms with Crippen LogP contribution in [-0.4, -0.2) is 39.5 Å². The normalized spacial score (nSPS) is 14.9. The fourth-order valence-corrected chi connectivity index (χ4v) is 2.33. The van der Waals surface area contributed by atoms with Crippen LogP contribution in [-0.2, 0) is 0 Å². The van der Waals surface area contributed by atoms with Crippen molar-refractivity contribution >= 4 is 11.9 Å². The molecular formula is C15H20N2O3. The Morgan fingerprint density at radius 2 is 2.15 bits per heavy atom. The lowest BCUT2D eigenvalue weighted by atomic mass is 9.85. The first-order valence-corrected chi connectivity index (χ1v) is 6.99. The lowest BCUT2D eigenvalue weighted by Gasteiger charge is -2.35. The monoisotopic (exact) mass is 276 g/mol. The van der Waals surface area contributed by atoms with Crippen molar-refractivity contribution < 1.29 is 14.7 Å². The Labute approximate surface area is 118 Å². The summed E-state index contributed by atoms with van der Waals surface area (Å²) in [5.74, 6) is -0.645. The van der Waals surface area contributed by atoms with Crippen molar-refractivity contribution in [2.75, 3.05) is 6.54 Å². The van der Waals surface area contributed by atoms with Crippen LogP contribution in [0, 0.1) is 5.92 Å². The minimum atomic E-state index is -1.12. The Morgan fingerprint density at radius 1 is 1.45 bits per heavy atom. The van der Waals surface area contributed by atoms with E-state index in [4.69, 9.17) is 5.11 Å². The van der Waals surface area contributed by atoms with Gasteiger partial charge >= 0.3 is 5.97 Å². The van der Waals surface area contributed by atoms with Gasteiger partial charge in [-0.2, -0.15) is 0 Å². The lowest BCUT2D eigenvalue weighted by Crippen LogP contribution is -2.42. The van der Waals surface area contributed by atoms with Crippen molar-refractivity contribution in [3.05, 3.63) is 29.6 Å². The summed E-state index contributed by atoms with van der Waals surface area (Å²) >= 11 is 0. The molecule has 1 heterocycles. The average Bonchev–Trinajstić information content (AvgIpc) is 2.36. The van der Waals surface area contributed by atoms with Gasteiger partial charge in [0, 0.05) is 24.3 Å². The standard InChI is InChI=1S/C15H20N2O3/c1-10(2)17(9-11-4-3-5-11)14(18)12-6-7-16-13(8-12)15(19)20/h6-8,10-11H,3-5,9H2,1-2H3,(H,19,20). The maximum Gasteiger partial charge on any atom is 0.354 e. The highest BCUT2D eigenvalue weighted by Gasteiger charge is 2.26. The predicted octanol–water partition coefficient (Wildman–Crippen LogP) is 2.43. The third kappa shape index (κ3) is 3.15. The summed E-state index contributed by atoms with van der Waals surface area (Å²) in [6, 6.07) is 3.02. The van der Waals surface area contributed by atoms with E-state index in [1.165, 1.54) is 31.5 Å². The van der Waals surface area contributed by atoms with Gasteiger partial charge in [0.05, 0.1) is 0 Å². The van der Waals surface area contributed by atoms with Crippen LogP contribution < -0.4 is 0 Å². The van der Waals surface area contributed by atoms with Crippen molar-refractivity contribution in [1.29, 1.82) is 0 Å². The highest BCUT2D eigenvalue weighted by atomic mass is 16.4. The molecule has 0 bridgehead atoms. The largest absolute Gasteiger partial charge is 0.477 e. The van der Waals surface area contributed by atoms with Crippen LogP contribution in [0.5, 0.6) is 0 Å². The van der Waals surface area contributed by atoms with Gasteiger partial charge < -0.3 is 10.0 Å². The van der Waals surface area contributed by atoms with E-state index >= 15 is 0 Å². The van der Waals surface area contributed by atoms with E-state index in [9.17, 15) is 9.59 Å². The molecule has 5 nitrogen and oxygen atoms in total. The zero-order valence-corrected chi connectivity index (χ0v) is 11.9. The molecule has 1 aromatic rings. The van der Waals surface area contributed by atoms with Gasteiger partial charge in [0.25, 0.3) is 5.91 Å². The minimum Gasteiger partial charge on any atom is -0.477 e. The lowest BCUT2D eigenvalue weighted by molar-refractivity contribution is 0.0632. The fourth-order valence-electron chi connectivity index (χ4n) is 2.33. The quantitative estimate of drug-likeness (QED) is 0.896. The van der Waals surface area contributed by atoms with E-state index in [1.807, 2.05) is 18.7 Å². The van der Waals surface area contributed by atoms with Crippen LogP contribution in [0.4, 0.5) is 0 Å².